The van der Waals surface area contributed by atoms with Gasteiger partial charge in [-0.3, -0.25) is 4.90 Å². The molecule has 3 aromatic carbocycles. The zero-order chi connectivity index (χ0) is 22.8. The number of aromatic hydroxyl groups is 1. The number of benzene rings is 3. The number of morpholine rings is 1. The summed E-state index contributed by atoms with van der Waals surface area (Å²) in [6.45, 7) is 9.53. The van der Waals surface area contributed by atoms with Crippen LogP contribution < -0.4 is 4.74 Å². The molecule has 1 aliphatic carbocycles. The first-order chi connectivity index (χ1) is 16.1. The van der Waals surface area contributed by atoms with E-state index < -0.39 is 0 Å². The van der Waals surface area contributed by atoms with Gasteiger partial charge in [-0.25, -0.2) is 0 Å². The summed E-state index contributed by atoms with van der Waals surface area (Å²) < 4.78 is 11.4. The molecule has 0 radical (unpaired) electrons. The number of fused-ring (bicyclic) bond motifs is 3. The van der Waals surface area contributed by atoms with Gasteiger partial charge in [0, 0.05) is 25.6 Å². The van der Waals surface area contributed by atoms with Crippen LogP contribution in [-0.4, -0.2) is 49.5 Å². The lowest BCUT2D eigenvalue weighted by Crippen LogP contribution is -2.38. The number of nitrogens with zero attached hydrogens (tertiary/aromatic N) is 1. The number of aryl methyl sites for hydroxylation is 2. The normalized spacial score (nSPS) is 17.9. The van der Waals surface area contributed by atoms with Crippen LogP contribution in [0, 0.1) is 6.92 Å². The predicted molar refractivity (Wildman–Crippen MR) is 132 cm³/mol. The maximum Gasteiger partial charge on any atom is 0.119 e. The van der Waals surface area contributed by atoms with Gasteiger partial charge >= 0.3 is 0 Å². The van der Waals surface area contributed by atoms with Crippen molar-refractivity contribution in [3.05, 3.63) is 82.4 Å². The fraction of sp³-hybridized carbons (Fsp3) is 0.379. The average molecular weight is 444 g/mol. The third kappa shape index (κ3) is 4.64. The van der Waals surface area contributed by atoms with Gasteiger partial charge in [0.25, 0.3) is 0 Å². The molecule has 172 valence electrons. The van der Waals surface area contributed by atoms with Crippen LogP contribution in [0.2, 0.25) is 0 Å². The highest BCUT2D eigenvalue weighted by molar-refractivity contribution is 5.79. The predicted octanol–water partition coefficient (Wildman–Crippen LogP) is 5.33. The van der Waals surface area contributed by atoms with Crippen LogP contribution in [-0.2, 0) is 17.6 Å². The Bertz CT molecular complexity index is 1120. The second-order valence-electron chi connectivity index (χ2n) is 9.20. The zero-order valence-corrected chi connectivity index (χ0v) is 19.6. The molecule has 1 atom stereocenters. The number of phenolic OH excluding ortho intramolecular Hbond substituents is 1. The molecule has 4 nitrogen and oxygen atoms in total. The summed E-state index contributed by atoms with van der Waals surface area (Å²) >= 11 is 0. The molecule has 5 rings (SSSR count). The van der Waals surface area contributed by atoms with E-state index in [1.54, 1.807) is 0 Å². The molecule has 0 amide bonds. The summed E-state index contributed by atoms with van der Waals surface area (Å²) in [5, 5.41) is 10.2. The van der Waals surface area contributed by atoms with Crippen molar-refractivity contribution in [2.45, 2.75) is 32.6 Å². The summed E-state index contributed by atoms with van der Waals surface area (Å²) in [6, 6.07) is 19.3. The highest BCUT2D eigenvalue weighted by atomic mass is 16.5. The third-order valence-electron chi connectivity index (χ3n) is 7.06. The van der Waals surface area contributed by atoms with Crippen LogP contribution >= 0.6 is 0 Å². The average Bonchev–Trinajstić information content (AvgIpc) is 2.84. The molecule has 1 heterocycles. The second-order valence-corrected chi connectivity index (χ2v) is 9.20. The van der Waals surface area contributed by atoms with E-state index in [-0.39, 0.29) is 5.92 Å². The second kappa shape index (κ2) is 9.58. The van der Waals surface area contributed by atoms with Crippen LogP contribution in [0.5, 0.6) is 11.5 Å². The van der Waals surface area contributed by atoms with E-state index >= 15 is 0 Å². The molecule has 2 aliphatic rings. The van der Waals surface area contributed by atoms with Gasteiger partial charge in [-0.1, -0.05) is 37.3 Å². The molecule has 1 unspecified atom stereocenters. The number of hydrogen-bond acceptors (Lipinski definition) is 4. The van der Waals surface area contributed by atoms with Crippen LogP contribution in [0.25, 0.3) is 11.1 Å². The monoisotopic (exact) mass is 443 g/mol. The van der Waals surface area contributed by atoms with Crippen molar-refractivity contribution >= 4 is 0 Å². The van der Waals surface area contributed by atoms with Crippen molar-refractivity contribution in [3.8, 4) is 22.6 Å². The maximum absolute atomic E-state index is 10.2. The van der Waals surface area contributed by atoms with Crippen molar-refractivity contribution in [3.63, 3.8) is 0 Å². The van der Waals surface area contributed by atoms with Gasteiger partial charge < -0.3 is 14.6 Å². The molecule has 0 saturated carbocycles. The van der Waals surface area contributed by atoms with Crippen LogP contribution in [0.4, 0.5) is 0 Å². The molecule has 33 heavy (non-hydrogen) atoms. The lowest BCUT2D eigenvalue weighted by molar-refractivity contribution is 0.0322. The van der Waals surface area contributed by atoms with Gasteiger partial charge in [0.05, 0.1) is 13.2 Å². The molecule has 1 aliphatic heterocycles. The quantitative estimate of drug-likeness (QED) is 0.559. The van der Waals surface area contributed by atoms with E-state index in [0.717, 1.165) is 57.0 Å². The van der Waals surface area contributed by atoms with Gasteiger partial charge in [0.2, 0.25) is 0 Å². The summed E-state index contributed by atoms with van der Waals surface area (Å²) in [5.41, 5.74) is 8.97. The smallest absolute Gasteiger partial charge is 0.119 e. The number of rotatable bonds is 6. The summed E-state index contributed by atoms with van der Waals surface area (Å²) in [7, 11) is 0. The van der Waals surface area contributed by atoms with Crippen molar-refractivity contribution in [2.75, 3.05) is 39.5 Å². The van der Waals surface area contributed by atoms with Crippen molar-refractivity contribution in [1.29, 1.82) is 0 Å². The minimum atomic E-state index is 0.266. The Hall–Kier alpha value is -2.82. The van der Waals surface area contributed by atoms with Crippen LogP contribution in [0.1, 0.15) is 40.7 Å². The molecule has 1 saturated heterocycles. The highest BCUT2D eigenvalue weighted by Crippen LogP contribution is 2.45. The van der Waals surface area contributed by atoms with E-state index in [1.807, 2.05) is 12.1 Å². The highest BCUT2D eigenvalue weighted by Gasteiger charge is 2.28. The van der Waals surface area contributed by atoms with Crippen molar-refractivity contribution < 1.29 is 14.6 Å². The third-order valence-corrected chi connectivity index (χ3v) is 7.06. The van der Waals surface area contributed by atoms with Gasteiger partial charge in [-0.2, -0.15) is 0 Å². The maximum atomic E-state index is 10.2. The molecular formula is C29H33NO3. The van der Waals surface area contributed by atoms with Crippen molar-refractivity contribution in [2.24, 2.45) is 0 Å². The molecule has 1 fully saturated rings. The first-order valence-electron chi connectivity index (χ1n) is 12.1. The Morgan fingerprint density at radius 1 is 1.03 bits per heavy atom. The van der Waals surface area contributed by atoms with Crippen LogP contribution in [0.3, 0.4) is 0 Å². The zero-order valence-electron chi connectivity index (χ0n) is 19.6. The minimum Gasteiger partial charge on any atom is -0.508 e. The van der Waals surface area contributed by atoms with Gasteiger partial charge in [-0.15, -0.1) is 0 Å². The topological polar surface area (TPSA) is 41.9 Å². The van der Waals surface area contributed by atoms with Crippen molar-refractivity contribution in [1.82, 2.24) is 4.90 Å². The Morgan fingerprint density at radius 3 is 2.58 bits per heavy atom. The molecule has 0 bridgehead atoms. The Kier molecular flexibility index (Phi) is 6.39. The first kappa shape index (κ1) is 22.0. The molecule has 4 heteroatoms. The lowest BCUT2D eigenvalue weighted by atomic mass is 9.74. The molecule has 3 aromatic rings. The summed E-state index contributed by atoms with van der Waals surface area (Å²) in [4.78, 5) is 2.39. The number of ether oxygens (including phenoxy) is 2. The molecule has 0 aromatic heterocycles. The standard InChI is InChI=1S/C29H33NO3/c1-3-21-4-9-26-28(17-21)27(19-23-18-24(31)16-20(2)29(23)26)22-5-7-25(8-6-22)33-15-12-30-10-13-32-14-11-30/h4-9,16-18,27,31H,3,10-15,19H2,1-2H3. The lowest BCUT2D eigenvalue weighted by Gasteiger charge is -2.30. The molecule has 0 spiro atoms. The van der Waals surface area contributed by atoms with E-state index in [4.69, 9.17) is 9.47 Å². The Labute approximate surface area is 196 Å². The minimum absolute atomic E-state index is 0.266. The Balaban J connectivity index is 1.38. The summed E-state index contributed by atoms with van der Waals surface area (Å²) in [5.74, 6) is 1.53. The van der Waals surface area contributed by atoms with E-state index in [9.17, 15) is 5.11 Å². The largest absolute Gasteiger partial charge is 0.508 e. The fourth-order valence-corrected chi connectivity index (χ4v) is 5.28. The van der Waals surface area contributed by atoms with Gasteiger partial charge in [-0.05, 0) is 83.0 Å². The van der Waals surface area contributed by atoms with Crippen LogP contribution in [0.15, 0.2) is 54.6 Å². The molecular weight excluding hydrogens is 410 g/mol. The number of hydrogen-bond donors (Lipinski definition) is 1. The van der Waals surface area contributed by atoms with E-state index in [1.165, 1.54) is 33.4 Å². The van der Waals surface area contributed by atoms with Gasteiger partial charge in [0.1, 0.15) is 18.1 Å². The SMILES string of the molecule is CCc1ccc2c(c1)C(c1ccc(OCCN3CCOCC3)cc1)Cc1cc(O)cc(C)c1-2. The summed E-state index contributed by atoms with van der Waals surface area (Å²) in [6.07, 6.45) is 1.92. The van der Waals surface area contributed by atoms with Gasteiger partial charge in [0.15, 0.2) is 0 Å². The molecule has 1 N–H and O–H groups in total. The Morgan fingerprint density at radius 2 is 1.82 bits per heavy atom. The first-order valence-corrected chi connectivity index (χ1v) is 12.1. The fourth-order valence-electron chi connectivity index (χ4n) is 5.28. The van der Waals surface area contributed by atoms with E-state index in [0.29, 0.717) is 12.4 Å². The number of phenols is 1. The van der Waals surface area contributed by atoms with E-state index in [2.05, 4.69) is 61.2 Å².